The van der Waals surface area contributed by atoms with Crippen molar-refractivity contribution in [3.8, 4) is 0 Å². The van der Waals surface area contributed by atoms with Crippen LogP contribution in [-0.4, -0.2) is 54.3 Å². The number of halogens is 3. The Morgan fingerprint density at radius 1 is 1.26 bits per heavy atom. The Kier molecular flexibility index (Phi) is 4.84. The number of hydrogen-bond donors (Lipinski definition) is 0. The zero-order valence-corrected chi connectivity index (χ0v) is 11.8. The van der Waals surface area contributed by atoms with Gasteiger partial charge in [-0.3, -0.25) is 4.90 Å². The molecule has 0 N–H and O–H groups in total. The van der Waals surface area contributed by atoms with Crippen LogP contribution in [0.1, 0.15) is 27.7 Å². The Balaban J connectivity index is 2.48. The molecule has 0 saturated carbocycles. The molecule has 1 rings (SSSR count). The standard InChI is InChI=1S/C12H21F3N2O2/c1-9-7-17(19-10(18)11(2,3)4)6-5-16(9)8-12(13,14)15/h9H,5-8H2,1-4H3/t9-/m1/s1. The van der Waals surface area contributed by atoms with Crippen molar-refractivity contribution in [3.05, 3.63) is 0 Å². The van der Waals surface area contributed by atoms with E-state index >= 15 is 0 Å². The summed E-state index contributed by atoms with van der Waals surface area (Å²) in [7, 11) is 0. The van der Waals surface area contributed by atoms with Gasteiger partial charge in [-0.15, -0.1) is 5.06 Å². The number of carbonyl (C=O) groups excluding carboxylic acids is 1. The summed E-state index contributed by atoms with van der Waals surface area (Å²) in [6.45, 7) is 6.80. The van der Waals surface area contributed by atoms with Crippen molar-refractivity contribution in [2.24, 2.45) is 5.41 Å². The summed E-state index contributed by atoms with van der Waals surface area (Å²) in [6.07, 6.45) is -4.20. The number of hydroxylamine groups is 2. The van der Waals surface area contributed by atoms with E-state index in [1.54, 1.807) is 27.7 Å². The first-order valence-electron chi connectivity index (χ1n) is 6.27. The fraction of sp³-hybridized carbons (Fsp3) is 0.917. The summed E-state index contributed by atoms with van der Waals surface area (Å²) in [6, 6.07) is -0.303. The van der Waals surface area contributed by atoms with Gasteiger partial charge < -0.3 is 4.84 Å². The lowest BCUT2D eigenvalue weighted by Gasteiger charge is -2.39. The first kappa shape index (κ1) is 16.2. The molecule has 0 aromatic heterocycles. The third-order valence-corrected chi connectivity index (χ3v) is 2.93. The molecule has 0 radical (unpaired) electrons. The van der Waals surface area contributed by atoms with E-state index in [1.807, 2.05) is 0 Å². The van der Waals surface area contributed by atoms with E-state index in [9.17, 15) is 18.0 Å². The molecule has 1 heterocycles. The van der Waals surface area contributed by atoms with Crippen LogP contribution in [-0.2, 0) is 9.63 Å². The van der Waals surface area contributed by atoms with E-state index in [0.717, 1.165) is 0 Å². The van der Waals surface area contributed by atoms with Gasteiger partial charge in [-0.2, -0.15) is 13.2 Å². The Morgan fingerprint density at radius 3 is 2.26 bits per heavy atom. The zero-order valence-electron chi connectivity index (χ0n) is 11.8. The molecule has 0 bridgehead atoms. The van der Waals surface area contributed by atoms with Crippen LogP contribution in [0, 0.1) is 5.41 Å². The third kappa shape index (κ3) is 5.36. The Hall–Kier alpha value is -0.820. The van der Waals surface area contributed by atoms with Crippen molar-refractivity contribution in [1.82, 2.24) is 9.96 Å². The fourth-order valence-corrected chi connectivity index (χ4v) is 1.76. The molecule has 0 aromatic carbocycles. The average molecular weight is 282 g/mol. The fourth-order valence-electron chi connectivity index (χ4n) is 1.76. The van der Waals surface area contributed by atoms with Crippen LogP contribution in [0.3, 0.4) is 0 Å². The van der Waals surface area contributed by atoms with Gasteiger partial charge in [0.25, 0.3) is 0 Å². The minimum Gasteiger partial charge on any atom is -0.367 e. The molecule has 19 heavy (non-hydrogen) atoms. The maximum absolute atomic E-state index is 12.3. The van der Waals surface area contributed by atoms with E-state index in [2.05, 4.69) is 0 Å². The Bertz CT molecular complexity index is 326. The number of nitrogens with zero attached hydrogens (tertiary/aromatic N) is 2. The Labute approximate surface area is 111 Å². The molecule has 0 spiro atoms. The van der Waals surface area contributed by atoms with Crippen LogP contribution >= 0.6 is 0 Å². The zero-order chi connectivity index (χ0) is 14.8. The lowest BCUT2D eigenvalue weighted by atomic mass is 9.98. The molecular formula is C12H21F3N2O2. The lowest BCUT2D eigenvalue weighted by molar-refractivity contribution is -0.217. The molecule has 1 saturated heterocycles. The van der Waals surface area contributed by atoms with Gasteiger partial charge in [0.1, 0.15) is 0 Å². The summed E-state index contributed by atoms with van der Waals surface area (Å²) in [5.41, 5.74) is -0.619. The summed E-state index contributed by atoms with van der Waals surface area (Å²) in [5.74, 6) is -0.371. The SMILES string of the molecule is C[C@@H]1CN(OC(=O)C(C)(C)C)CCN1CC(F)(F)F. The van der Waals surface area contributed by atoms with Gasteiger partial charge >= 0.3 is 12.1 Å². The molecule has 4 nitrogen and oxygen atoms in total. The molecule has 0 amide bonds. The molecule has 1 fully saturated rings. The van der Waals surface area contributed by atoms with Crippen LogP contribution in [0.25, 0.3) is 0 Å². The van der Waals surface area contributed by atoms with Crippen molar-refractivity contribution >= 4 is 5.97 Å². The van der Waals surface area contributed by atoms with Crippen LogP contribution in [0.15, 0.2) is 0 Å². The molecule has 0 unspecified atom stereocenters. The quantitative estimate of drug-likeness (QED) is 0.776. The number of hydrogen-bond acceptors (Lipinski definition) is 4. The van der Waals surface area contributed by atoms with Gasteiger partial charge in [0.15, 0.2) is 0 Å². The smallest absolute Gasteiger partial charge is 0.367 e. The number of piperazine rings is 1. The number of rotatable bonds is 2. The molecule has 1 aliphatic rings. The second-order valence-corrected chi connectivity index (χ2v) is 5.95. The molecule has 1 atom stereocenters. The highest BCUT2D eigenvalue weighted by Gasteiger charge is 2.36. The normalized spacial score (nSPS) is 23.4. The van der Waals surface area contributed by atoms with Crippen molar-refractivity contribution in [2.75, 3.05) is 26.2 Å². The molecule has 0 aliphatic carbocycles. The highest BCUT2D eigenvalue weighted by Crippen LogP contribution is 2.21. The van der Waals surface area contributed by atoms with Crippen LogP contribution < -0.4 is 0 Å². The van der Waals surface area contributed by atoms with E-state index in [1.165, 1.54) is 9.96 Å². The molecule has 0 aromatic rings. The predicted molar refractivity (Wildman–Crippen MR) is 64.2 cm³/mol. The predicted octanol–water partition coefficient (Wildman–Crippen LogP) is 2.06. The van der Waals surface area contributed by atoms with Crippen molar-refractivity contribution in [3.63, 3.8) is 0 Å². The van der Waals surface area contributed by atoms with Crippen LogP contribution in [0.2, 0.25) is 0 Å². The van der Waals surface area contributed by atoms with Gasteiger partial charge in [0.05, 0.1) is 18.5 Å². The first-order chi connectivity index (χ1) is 8.49. The third-order valence-electron chi connectivity index (χ3n) is 2.93. The number of carbonyl (C=O) groups is 1. The molecular weight excluding hydrogens is 261 g/mol. The molecule has 112 valence electrons. The minimum absolute atomic E-state index is 0.234. The van der Waals surface area contributed by atoms with Crippen molar-refractivity contribution in [2.45, 2.75) is 39.9 Å². The topological polar surface area (TPSA) is 32.8 Å². The minimum atomic E-state index is -4.20. The Morgan fingerprint density at radius 2 is 1.84 bits per heavy atom. The van der Waals surface area contributed by atoms with E-state index in [0.29, 0.717) is 6.54 Å². The lowest BCUT2D eigenvalue weighted by Crippen LogP contribution is -2.54. The van der Waals surface area contributed by atoms with Gasteiger partial charge in [0.2, 0.25) is 0 Å². The van der Waals surface area contributed by atoms with Gasteiger partial charge in [-0.1, -0.05) is 0 Å². The molecule has 7 heteroatoms. The average Bonchev–Trinajstić information content (AvgIpc) is 2.19. The highest BCUT2D eigenvalue weighted by molar-refractivity contribution is 5.75. The second kappa shape index (κ2) is 5.66. The summed E-state index contributed by atoms with van der Waals surface area (Å²) >= 11 is 0. The highest BCUT2D eigenvalue weighted by atomic mass is 19.4. The van der Waals surface area contributed by atoms with E-state index in [-0.39, 0.29) is 25.1 Å². The van der Waals surface area contributed by atoms with Crippen LogP contribution in [0.4, 0.5) is 13.2 Å². The largest absolute Gasteiger partial charge is 0.401 e. The maximum Gasteiger partial charge on any atom is 0.401 e. The maximum atomic E-state index is 12.3. The summed E-state index contributed by atoms with van der Waals surface area (Å²) in [4.78, 5) is 18.2. The monoisotopic (exact) mass is 282 g/mol. The van der Waals surface area contributed by atoms with Crippen molar-refractivity contribution in [1.29, 1.82) is 0 Å². The van der Waals surface area contributed by atoms with E-state index < -0.39 is 18.1 Å². The number of alkyl halides is 3. The summed E-state index contributed by atoms with van der Waals surface area (Å²) < 4.78 is 37.0. The van der Waals surface area contributed by atoms with Gasteiger partial charge in [-0.05, 0) is 27.7 Å². The molecule has 1 aliphatic heterocycles. The van der Waals surface area contributed by atoms with Gasteiger partial charge in [0, 0.05) is 19.1 Å². The second-order valence-electron chi connectivity index (χ2n) is 5.95. The summed E-state index contributed by atoms with van der Waals surface area (Å²) in [5, 5.41) is 1.45. The van der Waals surface area contributed by atoms with Gasteiger partial charge in [-0.25, -0.2) is 4.79 Å². The van der Waals surface area contributed by atoms with Crippen LogP contribution in [0.5, 0.6) is 0 Å². The first-order valence-corrected chi connectivity index (χ1v) is 6.27. The van der Waals surface area contributed by atoms with Crippen molar-refractivity contribution < 1.29 is 22.8 Å². The van der Waals surface area contributed by atoms with E-state index in [4.69, 9.17) is 4.84 Å².